The molecule has 0 spiro atoms. The van der Waals surface area contributed by atoms with Gasteiger partial charge in [-0.05, 0) is 32.3 Å². The first kappa shape index (κ1) is 18.7. The number of carbonyl (C=O) groups excluding carboxylic acids is 2. The summed E-state index contributed by atoms with van der Waals surface area (Å²) in [7, 11) is 0. The molecule has 1 aromatic carbocycles. The van der Waals surface area contributed by atoms with Crippen molar-refractivity contribution in [1.82, 2.24) is 15.1 Å². The Hall–Kier alpha value is -2.08. The van der Waals surface area contributed by atoms with E-state index in [1.54, 1.807) is 0 Å². The van der Waals surface area contributed by atoms with Gasteiger partial charge < -0.3 is 19.9 Å². The van der Waals surface area contributed by atoms with Gasteiger partial charge in [-0.1, -0.05) is 30.3 Å². The molecule has 0 aliphatic carbocycles. The molecule has 0 unspecified atom stereocenters. The van der Waals surface area contributed by atoms with Crippen LogP contribution in [0.5, 0.6) is 0 Å². The van der Waals surface area contributed by atoms with Crippen molar-refractivity contribution in [3.63, 3.8) is 0 Å². The normalized spacial score (nSPS) is 21.5. The molecule has 0 saturated carbocycles. The van der Waals surface area contributed by atoms with Gasteiger partial charge >= 0.3 is 6.03 Å². The Labute approximate surface area is 155 Å². The van der Waals surface area contributed by atoms with Crippen LogP contribution >= 0.6 is 0 Å². The van der Waals surface area contributed by atoms with E-state index in [4.69, 9.17) is 4.74 Å². The van der Waals surface area contributed by atoms with E-state index in [1.165, 1.54) is 5.56 Å². The van der Waals surface area contributed by atoms with Crippen LogP contribution in [0.1, 0.15) is 38.7 Å². The van der Waals surface area contributed by atoms with Gasteiger partial charge in [-0.2, -0.15) is 0 Å². The maximum Gasteiger partial charge on any atom is 0.317 e. The maximum absolute atomic E-state index is 12.5. The number of urea groups is 1. The Morgan fingerprint density at radius 2 is 1.92 bits per heavy atom. The van der Waals surface area contributed by atoms with E-state index in [9.17, 15) is 9.59 Å². The smallest absolute Gasteiger partial charge is 0.317 e. The van der Waals surface area contributed by atoms with Crippen LogP contribution in [0.25, 0.3) is 0 Å². The van der Waals surface area contributed by atoms with Gasteiger partial charge in [0.15, 0.2) is 0 Å². The molecular weight excluding hydrogens is 330 g/mol. The molecular formula is C20H29N3O3. The van der Waals surface area contributed by atoms with Crippen LogP contribution in [0.15, 0.2) is 30.3 Å². The van der Waals surface area contributed by atoms with E-state index in [1.807, 2.05) is 41.8 Å². The summed E-state index contributed by atoms with van der Waals surface area (Å²) in [6.45, 7) is 6.62. The second kappa shape index (κ2) is 8.54. The minimum atomic E-state index is -0.0792. The monoisotopic (exact) mass is 359 g/mol. The topological polar surface area (TPSA) is 61.9 Å². The highest BCUT2D eigenvalue weighted by molar-refractivity contribution is 5.82. The molecule has 1 N–H and O–H groups in total. The molecule has 0 aromatic heterocycles. The molecule has 2 fully saturated rings. The molecule has 26 heavy (non-hydrogen) atoms. The summed E-state index contributed by atoms with van der Waals surface area (Å²) >= 11 is 0. The summed E-state index contributed by atoms with van der Waals surface area (Å²) in [5.74, 6) is 0.123. The van der Waals surface area contributed by atoms with Crippen LogP contribution in [-0.4, -0.2) is 59.6 Å². The fourth-order valence-electron chi connectivity index (χ4n) is 3.61. The van der Waals surface area contributed by atoms with Crippen LogP contribution in [0, 0.1) is 0 Å². The molecule has 6 nitrogen and oxygen atoms in total. The number of carbonyl (C=O) groups is 2. The van der Waals surface area contributed by atoms with Crippen molar-refractivity contribution in [1.29, 1.82) is 0 Å². The predicted molar refractivity (Wildman–Crippen MR) is 99.6 cm³/mol. The molecule has 1 aromatic rings. The second-order valence-electron chi connectivity index (χ2n) is 7.47. The van der Waals surface area contributed by atoms with Crippen molar-refractivity contribution < 1.29 is 14.3 Å². The van der Waals surface area contributed by atoms with E-state index in [0.29, 0.717) is 32.7 Å². The summed E-state index contributed by atoms with van der Waals surface area (Å²) in [5.41, 5.74) is 1.17. The first-order valence-electron chi connectivity index (χ1n) is 9.53. The number of ether oxygens (including phenoxy) is 1. The van der Waals surface area contributed by atoms with Crippen molar-refractivity contribution in [2.45, 2.75) is 57.9 Å². The van der Waals surface area contributed by atoms with Crippen LogP contribution in [0.3, 0.4) is 0 Å². The fraction of sp³-hybridized carbons (Fsp3) is 0.600. The molecule has 6 heteroatoms. The molecule has 1 atom stereocenters. The number of hydrogen-bond donors (Lipinski definition) is 1. The Kier molecular flexibility index (Phi) is 6.14. The lowest BCUT2D eigenvalue weighted by Crippen LogP contribution is -2.49. The number of benzene rings is 1. The van der Waals surface area contributed by atoms with Crippen molar-refractivity contribution >= 4 is 11.9 Å². The zero-order valence-corrected chi connectivity index (χ0v) is 15.7. The van der Waals surface area contributed by atoms with Crippen LogP contribution < -0.4 is 5.32 Å². The van der Waals surface area contributed by atoms with Gasteiger partial charge in [0, 0.05) is 32.1 Å². The SMILES string of the molecule is CC(C)N1C[C@@H](NC(=O)N2CCC(OCc3ccccc3)CC2)CC1=O. The summed E-state index contributed by atoms with van der Waals surface area (Å²) in [6.07, 6.45) is 2.30. The summed E-state index contributed by atoms with van der Waals surface area (Å²) in [5, 5.41) is 3.02. The Morgan fingerprint density at radius 1 is 1.23 bits per heavy atom. The van der Waals surface area contributed by atoms with Gasteiger partial charge in [-0.15, -0.1) is 0 Å². The van der Waals surface area contributed by atoms with Crippen LogP contribution in [-0.2, 0) is 16.1 Å². The molecule has 2 heterocycles. The first-order valence-corrected chi connectivity index (χ1v) is 9.53. The Bertz CT molecular complexity index is 612. The second-order valence-corrected chi connectivity index (χ2v) is 7.47. The van der Waals surface area contributed by atoms with Gasteiger partial charge in [0.05, 0.1) is 18.8 Å². The molecule has 2 aliphatic heterocycles. The lowest BCUT2D eigenvalue weighted by Gasteiger charge is -2.32. The molecule has 0 bridgehead atoms. The van der Waals surface area contributed by atoms with Crippen molar-refractivity contribution in [3.05, 3.63) is 35.9 Å². The van der Waals surface area contributed by atoms with Crippen molar-refractivity contribution in [2.24, 2.45) is 0 Å². The van der Waals surface area contributed by atoms with Crippen molar-refractivity contribution in [3.8, 4) is 0 Å². The zero-order valence-electron chi connectivity index (χ0n) is 15.7. The third-order valence-electron chi connectivity index (χ3n) is 5.17. The molecule has 0 radical (unpaired) electrons. The van der Waals surface area contributed by atoms with Gasteiger partial charge in [-0.3, -0.25) is 4.79 Å². The average molecular weight is 359 g/mol. The molecule has 3 rings (SSSR count). The highest BCUT2D eigenvalue weighted by Gasteiger charge is 2.33. The van der Waals surface area contributed by atoms with E-state index >= 15 is 0 Å². The van der Waals surface area contributed by atoms with Gasteiger partial charge in [0.2, 0.25) is 5.91 Å². The predicted octanol–water partition coefficient (Wildman–Crippen LogP) is 2.39. The molecule has 142 valence electrons. The van der Waals surface area contributed by atoms with Crippen molar-refractivity contribution in [2.75, 3.05) is 19.6 Å². The number of piperidine rings is 1. The van der Waals surface area contributed by atoms with E-state index in [2.05, 4.69) is 17.4 Å². The van der Waals surface area contributed by atoms with E-state index in [0.717, 1.165) is 12.8 Å². The number of likely N-dealkylation sites (tertiary alicyclic amines) is 2. The van der Waals surface area contributed by atoms with Crippen LogP contribution in [0.4, 0.5) is 4.79 Å². The lowest BCUT2D eigenvalue weighted by atomic mass is 10.1. The number of hydrogen-bond acceptors (Lipinski definition) is 3. The quantitative estimate of drug-likeness (QED) is 0.878. The molecule has 2 aliphatic rings. The maximum atomic E-state index is 12.5. The summed E-state index contributed by atoms with van der Waals surface area (Å²) in [6, 6.07) is 10.2. The van der Waals surface area contributed by atoms with Gasteiger partial charge in [-0.25, -0.2) is 4.79 Å². The van der Waals surface area contributed by atoms with E-state index in [-0.39, 0.29) is 30.1 Å². The molecule has 2 saturated heterocycles. The Morgan fingerprint density at radius 3 is 2.54 bits per heavy atom. The standard InChI is InChI=1S/C20H29N3O3/c1-15(2)23-13-17(12-19(23)24)21-20(25)22-10-8-18(9-11-22)26-14-16-6-4-3-5-7-16/h3-7,15,17-18H,8-14H2,1-2H3,(H,21,25)/t17-/m0/s1. The molecule has 3 amide bonds. The largest absolute Gasteiger partial charge is 0.373 e. The third kappa shape index (κ3) is 4.75. The average Bonchev–Trinajstić information content (AvgIpc) is 3.01. The zero-order chi connectivity index (χ0) is 18.5. The Balaban J connectivity index is 1.39. The van der Waals surface area contributed by atoms with Gasteiger partial charge in [0.25, 0.3) is 0 Å². The minimum absolute atomic E-state index is 0.0603. The number of rotatable bonds is 5. The lowest BCUT2D eigenvalue weighted by molar-refractivity contribution is -0.129. The number of nitrogens with one attached hydrogen (secondary N) is 1. The first-order chi connectivity index (χ1) is 12.5. The number of nitrogens with zero attached hydrogens (tertiary/aromatic N) is 2. The van der Waals surface area contributed by atoms with Crippen LogP contribution in [0.2, 0.25) is 0 Å². The van der Waals surface area contributed by atoms with Gasteiger partial charge in [0.1, 0.15) is 0 Å². The highest BCUT2D eigenvalue weighted by atomic mass is 16.5. The fourth-order valence-corrected chi connectivity index (χ4v) is 3.61. The summed E-state index contributed by atoms with van der Waals surface area (Å²) in [4.78, 5) is 28.1. The van der Waals surface area contributed by atoms with E-state index < -0.39 is 0 Å². The minimum Gasteiger partial charge on any atom is -0.373 e. The number of amides is 3. The highest BCUT2D eigenvalue weighted by Crippen LogP contribution is 2.18. The summed E-state index contributed by atoms with van der Waals surface area (Å²) < 4.78 is 5.98. The third-order valence-corrected chi connectivity index (χ3v) is 5.17.